The van der Waals surface area contributed by atoms with Gasteiger partial charge in [-0.05, 0) is 37.0 Å². The third kappa shape index (κ3) is 6.54. The van der Waals surface area contributed by atoms with Gasteiger partial charge in [0.15, 0.2) is 11.5 Å². The molecular formula is C23H34N2O5. The van der Waals surface area contributed by atoms with Crippen LogP contribution in [0.2, 0.25) is 0 Å². The maximum atomic E-state index is 12.6. The number of carbonyl (C=O) groups is 2. The van der Waals surface area contributed by atoms with Crippen LogP contribution < -0.4 is 14.8 Å². The van der Waals surface area contributed by atoms with E-state index in [1.165, 1.54) is 12.8 Å². The maximum Gasteiger partial charge on any atom is 0.410 e. The van der Waals surface area contributed by atoms with Gasteiger partial charge in [-0.3, -0.25) is 4.79 Å². The van der Waals surface area contributed by atoms with Gasteiger partial charge in [0.1, 0.15) is 19.3 Å². The van der Waals surface area contributed by atoms with Gasteiger partial charge in [0, 0.05) is 19.5 Å². The van der Waals surface area contributed by atoms with Gasteiger partial charge in [0.2, 0.25) is 5.91 Å². The van der Waals surface area contributed by atoms with Gasteiger partial charge < -0.3 is 24.4 Å². The van der Waals surface area contributed by atoms with Gasteiger partial charge in [-0.15, -0.1) is 0 Å². The third-order valence-electron chi connectivity index (χ3n) is 5.54. The Morgan fingerprint density at radius 3 is 2.57 bits per heavy atom. The lowest BCUT2D eigenvalue weighted by atomic mass is 10.1. The molecule has 1 atom stereocenters. The molecule has 30 heavy (non-hydrogen) atoms. The average molecular weight is 419 g/mol. The largest absolute Gasteiger partial charge is 0.486 e. The molecule has 1 saturated heterocycles. The summed E-state index contributed by atoms with van der Waals surface area (Å²) in [5.74, 6) is 1.32. The maximum absolute atomic E-state index is 12.6. The Morgan fingerprint density at radius 2 is 1.80 bits per heavy atom. The van der Waals surface area contributed by atoms with Crippen molar-refractivity contribution in [1.82, 2.24) is 10.2 Å². The van der Waals surface area contributed by atoms with E-state index in [0.29, 0.717) is 31.1 Å². The van der Waals surface area contributed by atoms with Gasteiger partial charge in [-0.1, -0.05) is 38.7 Å². The fourth-order valence-corrected chi connectivity index (χ4v) is 3.77. The van der Waals surface area contributed by atoms with Crippen molar-refractivity contribution in [2.24, 2.45) is 0 Å². The van der Waals surface area contributed by atoms with Gasteiger partial charge in [0.05, 0.1) is 6.54 Å². The molecule has 0 bridgehead atoms. The summed E-state index contributed by atoms with van der Waals surface area (Å²) >= 11 is 0. The number of likely N-dealkylation sites (tertiary alicyclic amines) is 1. The lowest BCUT2D eigenvalue weighted by Gasteiger charge is -2.24. The highest BCUT2D eigenvalue weighted by molar-refractivity contribution is 5.76. The highest BCUT2D eigenvalue weighted by atomic mass is 16.6. The minimum atomic E-state index is -0.571. The number of ether oxygens (including phenoxy) is 3. The van der Waals surface area contributed by atoms with Crippen molar-refractivity contribution >= 4 is 12.0 Å². The minimum absolute atomic E-state index is 0.00809. The zero-order chi connectivity index (χ0) is 21.2. The molecule has 2 heterocycles. The Labute approximate surface area is 179 Å². The number of amides is 2. The van der Waals surface area contributed by atoms with Gasteiger partial charge in [0.25, 0.3) is 0 Å². The van der Waals surface area contributed by atoms with Crippen LogP contribution >= 0.6 is 0 Å². The molecule has 7 heteroatoms. The Morgan fingerprint density at radius 1 is 1.07 bits per heavy atom. The first-order valence-electron chi connectivity index (χ1n) is 11.3. The average Bonchev–Trinajstić information content (AvgIpc) is 3.31. The van der Waals surface area contributed by atoms with Crippen molar-refractivity contribution in [2.75, 3.05) is 32.8 Å². The highest BCUT2D eigenvalue weighted by Crippen LogP contribution is 2.33. The monoisotopic (exact) mass is 418 g/mol. The molecule has 7 nitrogen and oxygen atoms in total. The van der Waals surface area contributed by atoms with Crippen LogP contribution in [-0.4, -0.2) is 49.7 Å². The van der Waals surface area contributed by atoms with E-state index in [0.717, 1.165) is 50.8 Å². The Bertz CT molecular complexity index is 703. The van der Waals surface area contributed by atoms with Crippen LogP contribution in [0, 0.1) is 0 Å². The quantitative estimate of drug-likeness (QED) is 0.576. The molecule has 1 aromatic carbocycles. The molecule has 0 spiro atoms. The van der Waals surface area contributed by atoms with Crippen LogP contribution in [0.1, 0.15) is 70.0 Å². The van der Waals surface area contributed by atoms with Crippen molar-refractivity contribution < 1.29 is 23.8 Å². The van der Waals surface area contributed by atoms with E-state index in [9.17, 15) is 9.59 Å². The number of hydrogen-bond donors (Lipinski definition) is 1. The van der Waals surface area contributed by atoms with Crippen molar-refractivity contribution in [3.63, 3.8) is 0 Å². The van der Waals surface area contributed by atoms with Crippen LogP contribution in [0.5, 0.6) is 11.5 Å². The van der Waals surface area contributed by atoms with Crippen LogP contribution in [0.15, 0.2) is 18.2 Å². The first kappa shape index (κ1) is 22.2. The van der Waals surface area contributed by atoms with E-state index in [-0.39, 0.29) is 18.5 Å². The summed E-state index contributed by atoms with van der Waals surface area (Å²) in [7, 11) is 0. The molecular weight excluding hydrogens is 384 g/mol. The van der Waals surface area contributed by atoms with E-state index in [4.69, 9.17) is 14.2 Å². The second-order valence-electron chi connectivity index (χ2n) is 7.94. The van der Waals surface area contributed by atoms with E-state index < -0.39 is 6.10 Å². The van der Waals surface area contributed by atoms with Crippen LogP contribution in [-0.2, 0) is 9.53 Å². The lowest BCUT2D eigenvalue weighted by molar-refractivity contribution is -0.121. The standard InChI is InChI=1S/C23H34N2O5/c1-2-3-4-5-6-9-22(26)24-17-21(30-23(27)25-12-7-8-13-25)18-10-11-19-20(16-18)29-15-14-28-19/h10-11,16,21H,2-9,12-15,17H2,1H3,(H,24,26)/t21-/m0/s1. The molecule has 0 radical (unpaired) electrons. The summed E-state index contributed by atoms with van der Waals surface area (Å²) in [6.07, 6.45) is 7.10. The number of benzene rings is 1. The smallest absolute Gasteiger partial charge is 0.410 e. The van der Waals surface area contributed by atoms with Crippen LogP contribution in [0.3, 0.4) is 0 Å². The van der Waals surface area contributed by atoms with Crippen molar-refractivity contribution in [1.29, 1.82) is 0 Å². The number of nitrogens with one attached hydrogen (secondary N) is 1. The first-order valence-corrected chi connectivity index (χ1v) is 11.3. The van der Waals surface area contributed by atoms with E-state index in [2.05, 4.69) is 12.2 Å². The fourth-order valence-electron chi connectivity index (χ4n) is 3.77. The predicted octanol–water partition coefficient (Wildman–Crippen LogP) is 4.21. The summed E-state index contributed by atoms with van der Waals surface area (Å²) in [5, 5.41) is 2.94. The Hall–Kier alpha value is -2.44. The molecule has 0 aromatic heterocycles. The van der Waals surface area contributed by atoms with Crippen molar-refractivity contribution in [2.45, 2.75) is 64.4 Å². The van der Waals surface area contributed by atoms with Gasteiger partial charge in [-0.25, -0.2) is 4.79 Å². The number of nitrogens with zero attached hydrogens (tertiary/aromatic N) is 1. The second kappa shape index (κ2) is 11.7. The first-order chi connectivity index (χ1) is 14.7. The predicted molar refractivity (Wildman–Crippen MR) is 114 cm³/mol. The Kier molecular flexibility index (Phi) is 8.66. The zero-order valence-electron chi connectivity index (χ0n) is 18.0. The minimum Gasteiger partial charge on any atom is -0.486 e. The SMILES string of the molecule is CCCCCCCC(=O)NC[C@H](OC(=O)N1CCCC1)c1ccc2c(c1)OCCO2. The molecule has 2 aliphatic heterocycles. The number of unbranched alkanes of at least 4 members (excludes halogenated alkanes) is 4. The highest BCUT2D eigenvalue weighted by Gasteiger charge is 2.25. The molecule has 0 aliphatic carbocycles. The second-order valence-corrected chi connectivity index (χ2v) is 7.94. The molecule has 166 valence electrons. The lowest BCUT2D eigenvalue weighted by Crippen LogP contribution is -2.34. The molecule has 0 unspecified atom stereocenters. The zero-order valence-corrected chi connectivity index (χ0v) is 18.0. The van der Waals surface area contributed by atoms with Crippen molar-refractivity contribution in [3.8, 4) is 11.5 Å². The van der Waals surface area contributed by atoms with Crippen molar-refractivity contribution in [3.05, 3.63) is 23.8 Å². The molecule has 1 fully saturated rings. The summed E-state index contributed by atoms with van der Waals surface area (Å²) in [4.78, 5) is 26.6. The third-order valence-corrected chi connectivity index (χ3v) is 5.54. The summed E-state index contributed by atoms with van der Waals surface area (Å²) in [5.41, 5.74) is 0.787. The summed E-state index contributed by atoms with van der Waals surface area (Å²) in [6, 6.07) is 5.54. The van der Waals surface area contributed by atoms with Crippen LogP contribution in [0.4, 0.5) is 4.79 Å². The normalized spacial score (nSPS) is 16.2. The fraction of sp³-hybridized carbons (Fsp3) is 0.652. The molecule has 2 amide bonds. The van der Waals surface area contributed by atoms with Gasteiger partial charge in [-0.2, -0.15) is 0 Å². The summed E-state index contributed by atoms with van der Waals surface area (Å²) in [6.45, 7) is 4.87. The molecule has 1 N–H and O–H groups in total. The number of rotatable bonds is 10. The number of hydrogen-bond acceptors (Lipinski definition) is 5. The molecule has 2 aliphatic rings. The Balaban J connectivity index is 1.59. The number of fused-ring (bicyclic) bond motifs is 1. The van der Waals surface area contributed by atoms with Gasteiger partial charge >= 0.3 is 6.09 Å². The van der Waals surface area contributed by atoms with E-state index in [1.54, 1.807) is 4.90 Å². The van der Waals surface area contributed by atoms with E-state index >= 15 is 0 Å². The molecule has 3 rings (SSSR count). The molecule has 1 aromatic rings. The van der Waals surface area contributed by atoms with Crippen LogP contribution in [0.25, 0.3) is 0 Å². The topological polar surface area (TPSA) is 77.1 Å². The summed E-state index contributed by atoms with van der Waals surface area (Å²) < 4.78 is 17.0. The number of carbonyl (C=O) groups excluding carboxylic acids is 2. The molecule has 0 saturated carbocycles. The van der Waals surface area contributed by atoms with E-state index in [1.807, 2.05) is 18.2 Å².